The number of ether oxygens (including phenoxy) is 25. The molecule has 0 aliphatic carbocycles. The van der Waals surface area contributed by atoms with Gasteiger partial charge in [0.1, 0.15) is 138 Å². The van der Waals surface area contributed by atoms with Gasteiger partial charge in [0.05, 0.1) is 81.4 Å². The first-order valence-electron chi connectivity index (χ1n) is 35.9. The molecule has 35 atom stereocenters. The predicted molar refractivity (Wildman–Crippen MR) is 358 cm³/mol. The number of carbonyl (C=O) groups excluding carboxylic acids is 2. The Morgan fingerprint density at radius 2 is 1.30 bits per heavy atom. The molecule has 9 N–H and O–H groups in total. The van der Waals surface area contributed by atoms with E-state index in [-0.39, 0.29) is 76.8 Å². The second kappa shape index (κ2) is 32.5. The highest BCUT2D eigenvalue weighted by molar-refractivity contribution is 6.39. The fraction of sp³-hybridized carbons (Fsp3) is 0.797. The number of rotatable bonds is 20. The monoisotopic (exact) mass is 1620 g/mol. The molecule has 11 aliphatic heterocycles. The van der Waals surface area contributed by atoms with Crippen LogP contribution in [0.2, 0.25) is 10.0 Å². The van der Waals surface area contributed by atoms with Gasteiger partial charge in [-0.3, -0.25) is 10.1 Å². The highest BCUT2D eigenvalue weighted by Crippen LogP contribution is 2.53. The number of aliphatic hydroxyl groups is 6. The highest BCUT2D eigenvalue weighted by Gasteiger charge is 2.70. The van der Waals surface area contributed by atoms with E-state index in [4.69, 9.17) is 142 Å². The molecule has 2 spiro atoms. The van der Waals surface area contributed by atoms with E-state index < -0.39 is 255 Å². The maximum Gasteiger partial charge on any atom is 0.342 e. The Morgan fingerprint density at radius 3 is 1.98 bits per heavy atom. The van der Waals surface area contributed by atoms with Gasteiger partial charge in [-0.15, -0.1) is 0 Å². The zero-order chi connectivity index (χ0) is 79.4. The Hall–Kier alpha value is -4.56. The Balaban J connectivity index is 0.643. The number of esters is 2. The van der Waals surface area contributed by atoms with E-state index in [1.165, 1.54) is 76.0 Å². The summed E-state index contributed by atoms with van der Waals surface area (Å²) in [6, 6.07) is 2.28. The molecular weight excluding hydrogens is 1520 g/mol. The number of aryl methyl sites for hydroxylation is 1. The summed E-state index contributed by atoms with van der Waals surface area (Å²) < 4.78 is 154. The van der Waals surface area contributed by atoms with Crippen LogP contribution in [0.15, 0.2) is 12.1 Å². The quantitative estimate of drug-likeness (QED) is 0.0498. The Morgan fingerprint density at radius 1 is 0.609 bits per heavy atom. The van der Waals surface area contributed by atoms with E-state index in [0.717, 1.165) is 6.07 Å². The number of carbonyl (C=O) groups is 2. The third-order valence-corrected chi connectivity index (χ3v) is 23.1. The van der Waals surface area contributed by atoms with Gasteiger partial charge in [0, 0.05) is 45.7 Å². The van der Waals surface area contributed by atoms with E-state index >= 15 is 0 Å². The van der Waals surface area contributed by atoms with Crippen LogP contribution in [0, 0.1) is 24.0 Å². The fourth-order valence-electron chi connectivity index (χ4n) is 16.6. The minimum absolute atomic E-state index is 0.0546. The van der Waals surface area contributed by atoms with E-state index in [1.807, 2.05) is 0 Å². The van der Waals surface area contributed by atoms with Crippen LogP contribution in [0.3, 0.4) is 0 Å². The van der Waals surface area contributed by atoms with Crippen LogP contribution in [0.5, 0.6) is 23.0 Å². The molecule has 110 heavy (non-hydrogen) atoms. The normalized spacial score (nSPS) is 46.0. The maximum absolute atomic E-state index is 14.2. The lowest BCUT2D eigenvalue weighted by molar-refractivity contribution is -0.594. The molecular formula is C69H95Cl2NO38. The van der Waals surface area contributed by atoms with Crippen LogP contribution in [0.4, 0.5) is 0 Å². The van der Waals surface area contributed by atoms with Crippen molar-refractivity contribution in [3.05, 3.63) is 54.5 Å². The minimum Gasteiger partial charge on any atom is -0.508 e. The lowest BCUT2D eigenvalue weighted by Crippen LogP contribution is -2.68. The van der Waals surface area contributed by atoms with Crippen LogP contribution >= 0.6 is 23.2 Å². The standard InChI is InChI=1S/C69H95Cl2NO38/c1-23-14-30(73)15-31(74)39(23)60(82)99-35-21-93-69(59-52(35)91-22-92-59)107-36-20-90-62(45(78)51(36)108-69)105-64-55(89-13)44(77)50(34(100-64)19-86-10)103-63-46(79)54(49(87-11)26(4)96-63)104-65-57(81)67(9)58(29(7)97-65)109-68(110-67)17-32(75)47(27(5)106-68)101-37-16-33(98-38-18-66(8,72(84)85)56(80)28(6)95-38)48(25(3)94-37)102-61(83)40-24(2)41(70)43(76)42(71)53(40)88-12/h14-15,25-29,32-38,44-52,54-59,62-65,73-81H,16-22H2,1-13H3/t25-,26-,27-,28+,29-,32-,33-,34-,35-,36+,37+,38+,44+,45-,46-,47-,48-,49+,50-,51-,52+,54-,55+,56+,57-,58-,59?,62+,63+,64+,65+,66+,67-,68?,69?/m1/s1. The number of aromatic hydroxyl groups is 3. The van der Waals surface area contributed by atoms with Crippen LogP contribution in [-0.2, 0) is 114 Å². The van der Waals surface area contributed by atoms with Crippen molar-refractivity contribution in [2.75, 3.05) is 55.1 Å². The first-order chi connectivity index (χ1) is 52.0. The predicted octanol–water partition coefficient (Wildman–Crippen LogP) is 0.608. The molecule has 0 saturated carbocycles. The van der Waals surface area contributed by atoms with Gasteiger partial charge in [-0.25, -0.2) is 9.59 Å². The number of hydrogen-bond donors (Lipinski definition) is 9. The molecule has 0 amide bonds. The van der Waals surface area contributed by atoms with Gasteiger partial charge in [-0.05, 0) is 72.6 Å². The Bertz CT molecular complexity index is 3610. The van der Waals surface area contributed by atoms with E-state index in [0.29, 0.717) is 0 Å². The number of methoxy groups -OCH3 is 4. The number of aliphatic hydroxyl groups excluding tert-OH is 6. The summed E-state index contributed by atoms with van der Waals surface area (Å²) in [5.74, 6) is -7.60. The molecule has 0 bridgehead atoms. The number of nitrogens with zero attached hydrogens (tertiary/aromatic N) is 1. The minimum atomic E-state index is -2.07. The van der Waals surface area contributed by atoms with Crippen molar-refractivity contribution in [3.63, 3.8) is 0 Å². The van der Waals surface area contributed by atoms with Crippen LogP contribution in [0.25, 0.3) is 0 Å². The fourth-order valence-corrected chi connectivity index (χ4v) is 17.1. The number of fused-ring (bicyclic) bond motifs is 4. The topological polar surface area (TPSA) is 490 Å². The zero-order valence-electron chi connectivity index (χ0n) is 62.1. The van der Waals surface area contributed by atoms with Gasteiger partial charge in [-0.2, -0.15) is 0 Å². The van der Waals surface area contributed by atoms with Crippen molar-refractivity contribution in [2.24, 2.45) is 0 Å². The lowest BCUT2D eigenvalue weighted by atomic mass is 9.86. The van der Waals surface area contributed by atoms with Gasteiger partial charge in [-0.1, -0.05) is 23.2 Å². The molecule has 11 fully saturated rings. The van der Waals surface area contributed by atoms with Crippen LogP contribution in [-0.4, -0.2) is 331 Å². The third kappa shape index (κ3) is 15.2. The number of halogens is 2. The average Bonchev–Trinajstić information content (AvgIpc) is 1.56. The summed E-state index contributed by atoms with van der Waals surface area (Å²) in [6.45, 7) is 12.3. The number of hydrogen-bond acceptors (Lipinski definition) is 38. The summed E-state index contributed by atoms with van der Waals surface area (Å²) >= 11 is 12.7. The molecule has 11 aliphatic rings. The van der Waals surface area contributed by atoms with E-state index in [2.05, 4.69) is 0 Å². The van der Waals surface area contributed by atoms with Gasteiger partial charge in [0.25, 0.3) is 11.5 Å². The summed E-state index contributed by atoms with van der Waals surface area (Å²) in [4.78, 5) is 39.4. The third-order valence-electron chi connectivity index (χ3n) is 22.3. The molecule has 3 unspecified atom stereocenters. The van der Waals surface area contributed by atoms with Crippen molar-refractivity contribution in [3.8, 4) is 23.0 Å². The van der Waals surface area contributed by atoms with Crippen LogP contribution < -0.4 is 4.74 Å². The van der Waals surface area contributed by atoms with Crippen molar-refractivity contribution >= 4 is 35.1 Å². The molecule has 11 saturated heterocycles. The summed E-state index contributed by atoms with van der Waals surface area (Å²) in [5, 5.41) is 115. The van der Waals surface area contributed by atoms with Crippen molar-refractivity contribution in [1.82, 2.24) is 0 Å². The van der Waals surface area contributed by atoms with Gasteiger partial charge in [0.15, 0.2) is 67.6 Å². The van der Waals surface area contributed by atoms with Gasteiger partial charge >= 0.3 is 17.9 Å². The highest BCUT2D eigenvalue weighted by atomic mass is 35.5. The van der Waals surface area contributed by atoms with E-state index in [1.54, 1.807) is 20.8 Å². The smallest absolute Gasteiger partial charge is 0.342 e. The molecule has 11 heterocycles. The lowest BCUT2D eigenvalue weighted by Gasteiger charge is -2.50. The molecule has 41 heteroatoms. The van der Waals surface area contributed by atoms with E-state index in [9.17, 15) is 65.7 Å². The van der Waals surface area contributed by atoms with Crippen molar-refractivity contribution in [2.45, 2.75) is 295 Å². The summed E-state index contributed by atoms with van der Waals surface area (Å²) in [7, 11) is 5.17. The molecule has 13 rings (SSSR count). The first kappa shape index (κ1) is 83.4. The second-order valence-corrected chi connectivity index (χ2v) is 30.4. The molecule has 0 aromatic heterocycles. The number of nitro groups is 1. The summed E-state index contributed by atoms with van der Waals surface area (Å²) in [6.07, 6.45) is -42.2. The number of benzene rings is 2. The number of phenols is 3. The molecule has 0 radical (unpaired) electrons. The van der Waals surface area contributed by atoms with Crippen LogP contribution in [0.1, 0.15) is 99.6 Å². The van der Waals surface area contributed by atoms with Crippen molar-refractivity contribution in [1.29, 1.82) is 0 Å². The second-order valence-electron chi connectivity index (χ2n) is 29.7. The molecule has 2 aromatic rings. The number of phenolic OH excluding ortho intramolecular Hbond substituents is 3. The SMILES string of the molecule is COC[C@H]1O[C@@H](O[C@@H]2OC[C@@H]3OC4(OC[C@@H](OC(=O)c5c(C)cc(O)cc5O)[C@@H]5OCOC54)O[C@H]3[C@H]2O)[C@@H](OC)[C@@H](O)[C@@H]1O[C@@H]1O[C@H](C)[C@H](OC)[C@H](O[C@@H]2O[C@H](C)[C@H]3OC4(C[C@@H](O)[C@H](O[C@H]5C[C@@H](O[C@H]6C[C@](C)([N+](=O)[O-])[C@@H](O)[C@H](C)O6)[C@H](OC(=O)c6c(C)c(Cl)c(O)c(Cl)c6OC)[C@@H](C)O5)[C@@H](C)O4)O[C@]3(C)[C@@H]2O)[C@H]1O. The Kier molecular flexibility index (Phi) is 24.6. The zero-order valence-corrected chi connectivity index (χ0v) is 63.6. The molecule has 39 nitrogen and oxygen atoms in total. The molecule has 618 valence electrons. The largest absolute Gasteiger partial charge is 0.508 e. The Labute approximate surface area is 639 Å². The summed E-state index contributed by atoms with van der Waals surface area (Å²) in [5.41, 5.74) is -3.81. The molecule has 2 aromatic carbocycles. The van der Waals surface area contributed by atoms with Gasteiger partial charge in [0.2, 0.25) is 0 Å². The average molecular weight is 1620 g/mol. The maximum atomic E-state index is 14.2. The van der Waals surface area contributed by atoms with Gasteiger partial charge < -0.3 is 164 Å². The first-order valence-corrected chi connectivity index (χ1v) is 36.7. The van der Waals surface area contributed by atoms with Crippen molar-refractivity contribution < 1.29 is 179 Å².